The van der Waals surface area contributed by atoms with Gasteiger partial charge in [0.15, 0.2) is 0 Å². The van der Waals surface area contributed by atoms with E-state index in [1.807, 2.05) is 0 Å². The van der Waals surface area contributed by atoms with Gasteiger partial charge in [-0.1, -0.05) is 0 Å². The van der Waals surface area contributed by atoms with Gasteiger partial charge in [-0.3, -0.25) is 9.59 Å². The summed E-state index contributed by atoms with van der Waals surface area (Å²) in [5, 5.41) is 8.52. The van der Waals surface area contributed by atoms with Crippen LogP contribution in [0.5, 0.6) is 0 Å². The number of carboxylic acids is 1. The summed E-state index contributed by atoms with van der Waals surface area (Å²) in [6.07, 6.45) is -9.43. The molecule has 0 aromatic heterocycles. The van der Waals surface area contributed by atoms with Crippen molar-refractivity contribution in [2.75, 3.05) is 6.54 Å². The van der Waals surface area contributed by atoms with Gasteiger partial charge in [0.2, 0.25) is 0 Å². The molecule has 0 rings (SSSR count). The highest BCUT2D eigenvalue weighted by atomic mass is 19.4. The Morgan fingerprint density at radius 3 is 1.06 bits per heavy atom. The maximum atomic E-state index is 13.5. The van der Waals surface area contributed by atoms with Crippen LogP contribution in [0.25, 0.3) is 0 Å². The van der Waals surface area contributed by atoms with E-state index in [4.69, 9.17) is 5.11 Å². The Balaban J connectivity index is 6.74. The van der Waals surface area contributed by atoms with Gasteiger partial charge in [0.25, 0.3) is 5.91 Å². The van der Waals surface area contributed by atoms with E-state index in [-0.39, 0.29) is 0 Å². The third-order valence-electron chi connectivity index (χ3n) is 4.03. The van der Waals surface area contributed by atoms with Crippen LogP contribution in [0.2, 0.25) is 0 Å². The van der Waals surface area contributed by atoms with Crippen LogP contribution < -0.4 is 5.32 Å². The summed E-state index contributed by atoms with van der Waals surface area (Å²) in [7, 11) is 0. The van der Waals surface area contributed by atoms with Gasteiger partial charge < -0.3 is 10.4 Å². The lowest BCUT2D eigenvalue weighted by atomic mass is 9.87. The van der Waals surface area contributed by atoms with Crippen LogP contribution in [0.1, 0.15) is 6.42 Å². The van der Waals surface area contributed by atoms with Gasteiger partial charge in [-0.2, -0.15) is 83.4 Å². The minimum Gasteiger partial charge on any atom is -0.481 e. The molecule has 0 saturated carbocycles. The molecule has 0 fully saturated rings. The van der Waals surface area contributed by atoms with E-state index in [9.17, 15) is 93.0 Å². The van der Waals surface area contributed by atoms with Crippen molar-refractivity contribution in [1.82, 2.24) is 5.32 Å². The lowest BCUT2D eigenvalue weighted by Gasteiger charge is -2.43. The minimum atomic E-state index is -9.08. The fraction of sp³-hybridized carbons (Fsp3) is 0.846. The largest absolute Gasteiger partial charge is 0.481 e. The predicted molar refractivity (Wildman–Crippen MR) is 70.9 cm³/mol. The number of hydrogen-bond donors (Lipinski definition) is 2. The van der Waals surface area contributed by atoms with Crippen molar-refractivity contribution in [3.63, 3.8) is 0 Å². The number of hydrogen-bond acceptors (Lipinski definition) is 2. The first-order valence-corrected chi connectivity index (χ1v) is 7.93. The first kappa shape index (κ1) is 33.6. The van der Waals surface area contributed by atoms with Crippen LogP contribution in [0.3, 0.4) is 0 Å². The van der Waals surface area contributed by atoms with Crippen LogP contribution in [0, 0.1) is 0 Å². The number of alkyl halides is 19. The van der Waals surface area contributed by atoms with Gasteiger partial charge >= 0.3 is 59.5 Å². The zero-order chi connectivity index (χ0) is 29.8. The number of aliphatic carboxylic acids is 1. The topological polar surface area (TPSA) is 66.4 Å². The highest BCUT2D eigenvalue weighted by Gasteiger charge is 2.97. The van der Waals surface area contributed by atoms with Gasteiger partial charge in [-0.15, -0.1) is 0 Å². The van der Waals surface area contributed by atoms with E-state index in [0.29, 0.717) is 5.32 Å². The van der Waals surface area contributed by atoms with E-state index < -0.39 is 78.4 Å². The minimum absolute atomic E-state index is 0.406. The lowest BCUT2D eigenvalue weighted by Crippen LogP contribution is -2.76. The third-order valence-corrected chi connectivity index (χ3v) is 4.03. The van der Waals surface area contributed by atoms with Crippen molar-refractivity contribution in [2.24, 2.45) is 0 Å². The molecule has 0 aliphatic heterocycles. The summed E-state index contributed by atoms with van der Waals surface area (Å²) in [6.45, 7) is -1.66. The second-order valence-corrected chi connectivity index (χ2v) is 6.49. The van der Waals surface area contributed by atoms with E-state index >= 15 is 0 Å². The van der Waals surface area contributed by atoms with Gasteiger partial charge in [-0.25, -0.2) is 0 Å². The molecule has 1 amide bonds. The Hall–Kier alpha value is -2.39. The highest BCUT2D eigenvalue weighted by molar-refractivity contribution is 5.85. The SMILES string of the molecule is O=C(O)CCNC(=O)C(F)(F)C(F)(F)C(F)(F)C(F)(F)C(F)(F)C(F)(F)C(F)(F)C(F)(F)C(F)(F)F. The number of amides is 1. The van der Waals surface area contributed by atoms with Gasteiger partial charge in [0, 0.05) is 6.54 Å². The average molecular weight is 585 g/mol. The molecular formula is C13H6F19NO3. The van der Waals surface area contributed by atoms with Crippen molar-refractivity contribution in [3.8, 4) is 0 Å². The molecule has 0 aliphatic carbocycles. The summed E-state index contributed by atoms with van der Waals surface area (Å²) >= 11 is 0. The van der Waals surface area contributed by atoms with Gasteiger partial charge in [0.1, 0.15) is 0 Å². The van der Waals surface area contributed by atoms with Crippen LogP contribution >= 0.6 is 0 Å². The number of nitrogens with one attached hydrogen (secondary N) is 1. The quantitative estimate of drug-likeness (QED) is 0.327. The van der Waals surface area contributed by atoms with E-state index in [2.05, 4.69) is 0 Å². The summed E-state index contributed by atoms with van der Waals surface area (Å²) in [4.78, 5) is 21.0. The second kappa shape index (κ2) is 8.87. The Bertz CT molecular complexity index is 846. The average Bonchev–Trinajstić information content (AvgIpc) is 2.65. The summed E-state index contributed by atoms with van der Waals surface area (Å²) < 4.78 is 248. The molecule has 0 saturated heterocycles. The molecule has 214 valence electrons. The first-order valence-electron chi connectivity index (χ1n) is 7.93. The number of carboxylic acid groups (broad SMARTS) is 1. The zero-order valence-electron chi connectivity index (χ0n) is 15.9. The van der Waals surface area contributed by atoms with Gasteiger partial charge in [-0.05, 0) is 0 Å². The van der Waals surface area contributed by atoms with Gasteiger partial charge in [0.05, 0.1) is 6.42 Å². The Morgan fingerprint density at radius 2 is 0.778 bits per heavy atom. The first-order chi connectivity index (χ1) is 15.3. The van der Waals surface area contributed by atoms with Crippen molar-refractivity contribution in [3.05, 3.63) is 0 Å². The fourth-order valence-electron chi connectivity index (χ4n) is 1.90. The molecule has 23 heteroatoms. The maximum Gasteiger partial charge on any atom is 0.460 e. The van der Waals surface area contributed by atoms with Crippen LogP contribution in [0.15, 0.2) is 0 Å². The number of carbonyl (C=O) groups excluding carboxylic acids is 1. The molecule has 0 bridgehead atoms. The van der Waals surface area contributed by atoms with Crippen molar-refractivity contribution in [2.45, 2.75) is 60.0 Å². The zero-order valence-corrected chi connectivity index (χ0v) is 15.9. The van der Waals surface area contributed by atoms with E-state index in [1.54, 1.807) is 0 Å². The monoisotopic (exact) mass is 585 g/mol. The molecule has 2 N–H and O–H groups in total. The number of carbonyl (C=O) groups is 2. The number of halogens is 19. The predicted octanol–water partition coefficient (Wildman–Crippen LogP) is 5.22. The normalized spacial score (nSPS) is 15.6. The summed E-state index contributed by atoms with van der Waals surface area (Å²) in [5.74, 6) is -74.6. The molecule has 0 aliphatic rings. The van der Waals surface area contributed by atoms with Crippen LogP contribution in [-0.2, 0) is 9.59 Å². The fourth-order valence-corrected chi connectivity index (χ4v) is 1.90. The van der Waals surface area contributed by atoms with E-state index in [0.717, 1.165) is 0 Å². The maximum absolute atomic E-state index is 13.5. The lowest BCUT2D eigenvalue weighted by molar-refractivity contribution is -0.467. The molecule has 0 aromatic carbocycles. The number of rotatable bonds is 11. The van der Waals surface area contributed by atoms with Crippen LogP contribution in [0.4, 0.5) is 83.4 Å². The Labute approximate surface area is 183 Å². The van der Waals surface area contributed by atoms with Crippen LogP contribution in [-0.4, -0.2) is 77.1 Å². The molecule has 0 heterocycles. The smallest absolute Gasteiger partial charge is 0.460 e. The molecule has 0 unspecified atom stereocenters. The van der Waals surface area contributed by atoms with Crippen molar-refractivity contribution in [1.29, 1.82) is 0 Å². The highest BCUT2D eigenvalue weighted by Crippen LogP contribution is 2.65. The molecule has 0 aromatic rings. The standard InChI is InChI=1S/C13H6F19NO3/c14-5(15,4(36)33-2-1-3(34)35)6(16,17)7(18,19)8(20,21)9(22,23)10(24,25)11(26,27)12(28,29)13(30,31)32/h1-2H2,(H,33,36)(H,34,35). The molecule has 36 heavy (non-hydrogen) atoms. The molecule has 4 nitrogen and oxygen atoms in total. The van der Waals surface area contributed by atoms with Crippen molar-refractivity contribution < 1.29 is 98.1 Å². The Kier molecular flexibility index (Phi) is 8.28. The summed E-state index contributed by atoms with van der Waals surface area (Å²) in [6, 6.07) is 0. The van der Waals surface area contributed by atoms with Crippen molar-refractivity contribution >= 4 is 11.9 Å². The molecule has 0 atom stereocenters. The Morgan fingerprint density at radius 1 is 0.500 bits per heavy atom. The molecule has 0 radical (unpaired) electrons. The molecular weight excluding hydrogens is 579 g/mol. The molecule has 0 spiro atoms. The second-order valence-electron chi connectivity index (χ2n) is 6.49. The van der Waals surface area contributed by atoms with E-state index in [1.165, 1.54) is 0 Å². The third kappa shape index (κ3) is 4.45. The summed E-state index contributed by atoms with van der Waals surface area (Å²) in [5.41, 5.74) is 0.